The molecule has 0 fully saturated rings. The van der Waals surface area contributed by atoms with Crippen molar-refractivity contribution in [2.75, 3.05) is 0 Å². The molecule has 9 heteroatoms. The summed E-state index contributed by atoms with van der Waals surface area (Å²) < 4.78 is 5.37. The maximum Gasteiger partial charge on any atom is 0.343 e. The number of aryl methyl sites for hydroxylation is 1. The van der Waals surface area contributed by atoms with E-state index in [0.717, 1.165) is 6.07 Å². The van der Waals surface area contributed by atoms with Crippen LogP contribution < -0.4 is 4.74 Å². The number of hydrogen-bond acceptors (Lipinski definition) is 5. The van der Waals surface area contributed by atoms with E-state index >= 15 is 0 Å². The van der Waals surface area contributed by atoms with Crippen LogP contribution in [0.2, 0.25) is 15.1 Å². The predicted octanol–water partition coefficient (Wildman–Crippen LogP) is 5.63. The third-order valence-electron chi connectivity index (χ3n) is 3.55. The second-order valence-electron chi connectivity index (χ2n) is 5.33. The number of rotatable bonds is 3. The minimum Gasteiger partial charge on any atom is -0.419 e. The smallest absolute Gasteiger partial charge is 0.343 e. The van der Waals surface area contributed by atoms with Gasteiger partial charge in [0.1, 0.15) is 10.5 Å². The molecule has 3 aromatic rings. The molecule has 0 atom stereocenters. The summed E-state index contributed by atoms with van der Waals surface area (Å²) in [6.07, 6.45) is 0. The monoisotopic (exact) mass is 410 g/mol. The fourth-order valence-corrected chi connectivity index (χ4v) is 3.06. The minimum atomic E-state index is -0.835. The van der Waals surface area contributed by atoms with Gasteiger partial charge in [-0.3, -0.25) is 10.1 Å². The van der Waals surface area contributed by atoms with Crippen molar-refractivity contribution in [1.82, 2.24) is 4.98 Å². The highest BCUT2D eigenvalue weighted by Gasteiger charge is 2.21. The van der Waals surface area contributed by atoms with Crippen LogP contribution in [-0.2, 0) is 0 Å². The number of benzene rings is 2. The molecule has 0 aliphatic carbocycles. The predicted molar refractivity (Wildman–Crippen MR) is 99.6 cm³/mol. The number of halogens is 3. The molecular formula is C17H9Cl3N2O4. The first-order valence-corrected chi connectivity index (χ1v) is 8.33. The highest BCUT2D eigenvalue weighted by Crippen LogP contribution is 2.38. The third-order valence-corrected chi connectivity index (χ3v) is 4.46. The van der Waals surface area contributed by atoms with Crippen LogP contribution >= 0.6 is 34.8 Å². The molecule has 0 N–H and O–H groups in total. The average molecular weight is 412 g/mol. The summed E-state index contributed by atoms with van der Waals surface area (Å²) in [5.41, 5.74) is 0.546. The quantitative estimate of drug-likeness (QED) is 0.241. The fraction of sp³-hybridized carbons (Fsp3) is 0.0588. The molecule has 1 heterocycles. The van der Waals surface area contributed by atoms with Crippen LogP contribution in [0.4, 0.5) is 5.69 Å². The summed E-state index contributed by atoms with van der Waals surface area (Å²) in [6, 6.07) is 8.55. The van der Waals surface area contributed by atoms with Gasteiger partial charge in [-0.25, -0.2) is 9.78 Å². The molecule has 0 aliphatic rings. The van der Waals surface area contributed by atoms with Crippen LogP contribution in [-0.4, -0.2) is 15.9 Å². The van der Waals surface area contributed by atoms with Crippen LogP contribution in [0.15, 0.2) is 36.4 Å². The first-order valence-electron chi connectivity index (χ1n) is 7.19. The van der Waals surface area contributed by atoms with Crippen molar-refractivity contribution >= 4 is 57.4 Å². The molecule has 0 spiro atoms. The fourth-order valence-electron chi connectivity index (χ4n) is 2.32. The molecule has 0 saturated carbocycles. The Morgan fingerprint density at radius 2 is 1.81 bits per heavy atom. The van der Waals surface area contributed by atoms with E-state index in [1.54, 1.807) is 19.1 Å². The topological polar surface area (TPSA) is 82.3 Å². The molecular weight excluding hydrogens is 403 g/mol. The Morgan fingerprint density at radius 1 is 1.08 bits per heavy atom. The molecule has 6 nitrogen and oxygen atoms in total. The Morgan fingerprint density at radius 3 is 2.50 bits per heavy atom. The molecule has 0 aliphatic heterocycles. The molecule has 0 saturated heterocycles. The summed E-state index contributed by atoms with van der Waals surface area (Å²) in [5, 5.41) is 11.9. The Kier molecular flexibility index (Phi) is 5.00. The maximum atomic E-state index is 12.5. The molecule has 0 unspecified atom stereocenters. The van der Waals surface area contributed by atoms with E-state index in [0.29, 0.717) is 21.6 Å². The van der Waals surface area contributed by atoms with Gasteiger partial charge in [0.15, 0.2) is 5.75 Å². The third kappa shape index (κ3) is 3.44. The summed E-state index contributed by atoms with van der Waals surface area (Å²) in [6.45, 7) is 1.77. The lowest BCUT2D eigenvalue weighted by molar-refractivity contribution is -0.384. The van der Waals surface area contributed by atoms with Crippen LogP contribution in [0.5, 0.6) is 5.75 Å². The van der Waals surface area contributed by atoms with Gasteiger partial charge in [0.25, 0.3) is 5.69 Å². The number of carbonyl (C=O) groups is 1. The van der Waals surface area contributed by atoms with Gasteiger partial charge in [0.05, 0.1) is 20.5 Å². The lowest BCUT2D eigenvalue weighted by atomic mass is 10.1. The zero-order chi connectivity index (χ0) is 19.0. The van der Waals surface area contributed by atoms with E-state index in [1.807, 2.05) is 0 Å². The van der Waals surface area contributed by atoms with Gasteiger partial charge < -0.3 is 4.74 Å². The van der Waals surface area contributed by atoms with Crippen LogP contribution in [0.25, 0.3) is 10.9 Å². The molecule has 26 heavy (non-hydrogen) atoms. The van der Waals surface area contributed by atoms with Gasteiger partial charge in [-0.2, -0.15) is 0 Å². The number of nitrogens with zero attached hydrogens (tertiary/aromatic N) is 2. The van der Waals surface area contributed by atoms with Gasteiger partial charge in [0, 0.05) is 17.1 Å². The van der Waals surface area contributed by atoms with Crippen molar-refractivity contribution in [1.29, 1.82) is 0 Å². The number of hydrogen-bond donors (Lipinski definition) is 0. The number of pyridine rings is 1. The molecule has 2 aromatic carbocycles. The lowest BCUT2D eigenvalue weighted by Gasteiger charge is -2.11. The summed E-state index contributed by atoms with van der Waals surface area (Å²) in [5.74, 6) is -0.809. The maximum absolute atomic E-state index is 12.5. The standard InChI is InChI=1S/C17H9Cl3N2O4/c1-8-2-4-10-12(19)7-13(20)16(15(10)21-8)26-17(23)9-3-5-11(18)14(6-9)22(24)25/h2-7H,1H3. The number of fused-ring (bicyclic) bond motifs is 1. The van der Waals surface area contributed by atoms with Crippen LogP contribution in [0, 0.1) is 17.0 Å². The lowest BCUT2D eigenvalue weighted by Crippen LogP contribution is -2.10. The van der Waals surface area contributed by atoms with E-state index in [1.165, 1.54) is 18.2 Å². The zero-order valence-corrected chi connectivity index (χ0v) is 15.4. The van der Waals surface area contributed by atoms with Gasteiger partial charge in [-0.05, 0) is 37.3 Å². The molecule has 0 bridgehead atoms. The largest absolute Gasteiger partial charge is 0.419 e. The van der Waals surface area contributed by atoms with Crippen molar-refractivity contribution in [3.8, 4) is 5.75 Å². The van der Waals surface area contributed by atoms with E-state index < -0.39 is 16.6 Å². The van der Waals surface area contributed by atoms with Crippen LogP contribution in [0.3, 0.4) is 0 Å². The molecule has 3 rings (SSSR count). The van der Waals surface area contributed by atoms with Gasteiger partial charge in [0.2, 0.25) is 0 Å². The number of nitro groups is 1. The highest BCUT2D eigenvalue weighted by molar-refractivity contribution is 6.39. The van der Waals surface area contributed by atoms with Crippen molar-refractivity contribution < 1.29 is 14.5 Å². The van der Waals surface area contributed by atoms with Crippen molar-refractivity contribution in [3.05, 3.63) is 72.8 Å². The molecule has 0 radical (unpaired) electrons. The molecule has 1 aromatic heterocycles. The summed E-state index contributed by atoms with van der Waals surface area (Å²) in [7, 11) is 0. The van der Waals surface area contributed by atoms with E-state index in [-0.39, 0.29) is 21.4 Å². The van der Waals surface area contributed by atoms with E-state index in [4.69, 9.17) is 39.5 Å². The highest BCUT2D eigenvalue weighted by atomic mass is 35.5. The Hall–Kier alpha value is -2.41. The van der Waals surface area contributed by atoms with Crippen molar-refractivity contribution in [3.63, 3.8) is 0 Å². The Bertz CT molecular complexity index is 1070. The normalized spacial score (nSPS) is 10.8. The molecule has 132 valence electrons. The van der Waals surface area contributed by atoms with Gasteiger partial charge >= 0.3 is 5.97 Å². The Labute approximate surface area is 162 Å². The van der Waals surface area contributed by atoms with Gasteiger partial charge in [-0.1, -0.05) is 34.8 Å². The van der Waals surface area contributed by atoms with Crippen molar-refractivity contribution in [2.24, 2.45) is 0 Å². The number of esters is 1. The van der Waals surface area contributed by atoms with E-state index in [9.17, 15) is 14.9 Å². The second kappa shape index (κ2) is 7.07. The second-order valence-corrected chi connectivity index (χ2v) is 6.55. The van der Waals surface area contributed by atoms with Crippen LogP contribution in [0.1, 0.15) is 16.1 Å². The van der Waals surface area contributed by atoms with Crippen molar-refractivity contribution in [2.45, 2.75) is 6.92 Å². The number of ether oxygens (including phenoxy) is 1. The zero-order valence-electron chi connectivity index (χ0n) is 13.1. The minimum absolute atomic E-state index is 0.0253. The average Bonchev–Trinajstić information content (AvgIpc) is 2.58. The van der Waals surface area contributed by atoms with E-state index in [2.05, 4.69) is 4.98 Å². The first kappa shape index (κ1) is 18.4. The Balaban J connectivity index is 2.07. The molecule has 0 amide bonds. The number of nitro benzene ring substituents is 1. The van der Waals surface area contributed by atoms with Gasteiger partial charge in [-0.15, -0.1) is 0 Å². The first-order chi connectivity index (χ1) is 12.3. The SMILES string of the molecule is Cc1ccc2c(Cl)cc(Cl)c(OC(=O)c3ccc(Cl)c([N+](=O)[O-])c3)c2n1. The summed E-state index contributed by atoms with van der Waals surface area (Å²) in [4.78, 5) is 27.1. The summed E-state index contributed by atoms with van der Waals surface area (Å²) >= 11 is 18.1. The number of aromatic nitrogens is 1. The number of carbonyl (C=O) groups excluding carboxylic acids is 1.